The number of unbranched alkanes of at least 4 members (excludes halogenated alkanes) is 1. The molecule has 1 aromatic heterocycles. The number of nitrogens with zero attached hydrogens (tertiary/aromatic N) is 2. The van der Waals surface area contributed by atoms with Crippen molar-refractivity contribution in [3.8, 4) is 17.0 Å². The quantitative estimate of drug-likeness (QED) is 0.264. The molecule has 1 saturated heterocycles. The SMILES string of the molecule is C=C[C@H]1C[C@]1(NC(=O)[C@@H]1C[C@@H]2CN1C(=O)[C@H](CCCC)NC(=O)CCCC/C=C/c1ccc3nc(-c4ccccc4)cc(c3c1)O2)C(=O)O. The first-order valence-corrected chi connectivity index (χ1v) is 17.3. The number of ether oxygens (including phenoxy) is 1. The van der Waals surface area contributed by atoms with E-state index in [-0.39, 0.29) is 37.6 Å². The van der Waals surface area contributed by atoms with E-state index in [4.69, 9.17) is 9.72 Å². The van der Waals surface area contributed by atoms with Gasteiger partial charge in [-0.1, -0.05) is 74.4 Å². The van der Waals surface area contributed by atoms with Crippen LogP contribution >= 0.6 is 0 Å². The fourth-order valence-electron chi connectivity index (χ4n) is 6.94. The van der Waals surface area contributed by atoms with Crippen molar-refractivity contribution in [2.75, 3.05) is 6.54 Å². The van der Waals surface area contributed by atoms with Gasteiger partial charge in [0.2, 0.25) is 17.7 Å². The van der Waals surface area contributed by atoms with Gasteiger partial charge < -0.3 is 25.4 Å². The number of nitrogens with one attached hydrogen (secondary N) is 2. The van der Waals surface area contributed by atoms with Gasteiger partial charge in [-0.25, -0.2) is 9.78 Å². The van der Waals surface area contributed by atoms with E-state index in [1.54, 1.807) is 0 Å². The minimum absolute atomic E-state index is 0.0878. The molecule has 1 aliphatic carbocycles. The number of hydrogen-bond donors (Lipinski definition) is 3. The van der Waals surface area contributed by atoms with E-state index >= 15 is 0 Å². The second-order valence-corrected chi connectivity index (χ2v) is 13.4. The van der Waals surface area contributed by atoms with Crippen LogP contribution in [0.25, 0.3) is 28.2 Å². The lowest BCUT2D eigenvalue weighted by Gasteiger charge is -2.29. The Morgan fingerprint density at radius 2 is 1.98 bits per heavy atom. The van der Waals surface area contributed by atoms with Gasteiger partial charge in [0, 0.05) is 35.8 Å². The Morgan fingerprint density at radius 1 is 1.16 bits per heavy atom. The number of benzene rings is 2. The van der Waals surface area contributed by atoms with Crippen LogP contribution in [-0.2, 0) is 19.2 Å². The summed E-state index contributed by atoms with van der Waals surface area (Å²) in [7, 11) is 0. The third-order valence-corrected chi connectivity index (χ3v) is 9.85. The maximum absolute atomic E-state index is 14.3. The number of hydrogen-bond acceptors (Lipinski definition) is 6. The number of allylic oxidation sites excluding steroid dienone is 1. The highest BCUT2D eigenvalue weighted by Crippen LogP contribution is 2.45. The predicted octanol–water partition coefficient (Wildman–Crippen LogP) is 5.66. The van der Waals surface area contributed by atoms with Crippen molar-refractivity contribution >= 4 is 40.7 Å². The van der Waals surface area contributed by atoms with Gasteiger partial charge in [-0.15, -0.1) is 6.58 Å². The summed E-state index contributed by atoms with van der Waals surface area (Å²) in [5.74, 6) is -2.11. The average molecular weight is 665 g/mol. The summed E-state index contributed by atoms with van der Waals surface area (Å²) in [5, 5.41) is 16.5. The Morgan fingerprint density at radius 3 is 2.71 bits per heavy atom. The predicted molar refractivity (Wildman–Crippen MR) is 187 cm³/mol. The Labute approximate surface area is 286 Å². The van der Waals surface area contributed by atoms with Gasteiger partial charge >= 0.3 is 5.97 Å². The normalized spacial score (nSPS) is 26.3. The number of fused-ring (bicyclic) bond motifs is 3. The van der Waals surface area contributed by atoms with Crippen LogP contribution in [0, 0.1) is 5.92 Å². The van der Waals surface area contributed by atoms with Crippen molar-refractivity contribution in [3.05, 3.63) is 78.9 Å². The smallest absolute Gasteiger partial charge is 0.330 e. The van der Waals surface area contributed by atoms with Crippen molar-refractivity contribution in [2.45, 2.75) is 88.4 Å². The molecular formula is C39H44N4O6. The third-order valence-electron chi connectivity index (χ3n) is 9.85. The molecular weight excluding hydrogens is 620 g/mol. The Hall–Kier alpha value is -4.99. The van der Waals surface area contributed by atoms with Crippen molar-refractivity contribution in [1.82, 2.24) is 20.5 Å². The van der Waals surface area contributed by atoms with Gasteiger partial charge in [0.25, 0.3) is 0 Å². The zero-order valence-corrected chi connectivity index (χ0v) is 27.9. The van der Waals surface area contributed by atoms with Gasteiger partial charge in [0.05, 0.1) is 17.8 Å². The number of carboxylic acid groups (broad SMARTS) is 1. The standard InChI is InChI=1S/C39H44N4O6/c1-3-5-16-31-37(46)43-24-28(21-33(43)36(45)42-39(38(47)48)23-27(39)4-2)49-34-22-32(26-14-10-8-11-15-26)40-30-19-18-25(20-29(30)34)13-9-6-7-12-17-35(44)41-31/h4,8-11,13-15,18-20,22,27-28,31,33H,2-3,5-7,12,16-17,21,23-24H2,1H3,(H,41,44)(H,42,45)(H,47,48)/b13-9+/t27-,28+,31-,33-,39+/m0/s1. The van der Waals surface area contributed by atoms with Crippen molar-refractivity contribution in [1.29, 1.82) is 0 Å². The van der Waals surface area contributed by atoms with Crippen LogP contribution in [0.5, 0.6) is 5.75 Å². The molecule has 2 fully saturated rings. The van der Waals surface area contributed by atoms with Crippen molar-refractivity contribution in [3.63, 3.8) is 0 Å². The second kappa shape index (κ2) is 14.6. The van der Waals surface area contributed by atoms with E-state index in [2.05, 4.69) is 29.4 Å². The fraction of sp³-hybridized carbons (Fsp3) is 0.410. The summed E-state index contributed by atoms with van der Waals surface area (Å²) < 4.78 is 6.72. The number of pyridine rings is 1. The lowest BCUT2D eigenvalue weighted by atomic mass is 10.1. The lowest BCUT2D eigenvalue weighted by Crippen LogP contribution is -2.56. The molecule has 49 heavy (non-hydrogen) atoms. The molecule has 256 valence electrons. The molecule has 3 amide bonds. The molecule has 2 aliphatic heterocycles. The average Bonchev–Trinajstić information content (AvgIpc) is 3.67. The van der Waals surface area contributed by atoms with E-state index in [0.717, 1.165) is 47.0 Å². The molecule has 3 N–H and O–H groups in total. The van der Waals surface area contributed by atoms with Crippen LogP contribution in [0.3, 0.4) is 0 Å². The van der Waals surface area contributed by atoms with Gasteiger partial charge in [0.15, 0.2) is 0 Å². The number of carboxylic acids is 1. The highest BCUT2D eigenvalue weighted by molar-refractivity contribution is 5.96. The minimum atomic E-state index is -1.45. The van der Waals surface area contributed by atoms with E-state index in [1.807, 2.05) is 61.5 Å². The molecule has 5 atom stereocenters. The highest BCUT2D eigenvalue weighted by Gasteiger charge is 2.61. The third kappa shape index (κ3) is 7.38. The number of amides is 3. The molecule has 10 nitrogen and oxygen atoms in total. The van der Waals surface area contributed by atoms with E-state index in [1.165, 1.54) is 11.0 Å². The second-order valence-electron chi connectivity index (χ2n) is 13.4. The number of aliphatic carboxylic acids is 1. The molecule has 4 bridgehead atoms. The lowest BCUT2D eigenvalue weighted by molar-refractivity contribution is -0.146. The first-order valence-electron chi connectivity index (χ1n) is 17.3. The minimum Gasteiger partial charge on any atom is -0.488 e. The Kier molecular flexibility index (Phi) is 10.1. The molecule has 3 aromatic rings. The topological polar surface area (TPSA) is 138 Å². The summed E-state index contributed by atoms with van der Waals surface area (Å²) in [6.45, 7) is 5.83. The summed E-state index contributed by atoms with van der Waals surface area (Å²) in [6.07, 6.45) is 10.0. The maximum Gasteiger partial charge on any atom is 0.330 e. The largest absolute Gasteiger partial charge is 0.488 e. The van der Waals surface area contributed by atoms with Crippen LogP contribution in [0.4, 0.5) is 0 Å². The fourth-order valence-corrected chi connectivity index (χ4v) is 6.94. The first-order chi connectivity index (χ1) is 23.7. The van der Waals surface area contributed by atoms with Crippen LogP contribution < -0.4 is 15.4 Å². The van der Waals surface area contributed by atoms with Crippen LogP contribution in [0.15, 0.2) is 73.3 Å². The van der Waals surface area contributed by atoms with Crippen molar-refractivity contribution < 1.29 is 29.0 Å². The van der Waals surface area contributed by atoms with Crippen LogP contribution in [0.1, 0.15) is 70.3 Å². The zero-order valence-electron chi connectivity index (χ0n) is 27.9. The maximum atomic E-state index is 14.3. The molecule has 2 aromatic carbocycles. The van der Waals surface area contributed by atoms with Crippen LogP contribution in [0.2, 0.25) is 0 Å². The molecule has 10 heteroatoms. The van der Waals surface area contributed by atoms with E-state index in [0.29, 0.717) is 25.0 Å². The van der Waals surface area contributed by atoms with Crippen molar-refractivity contribution in [2.24, 2.45) is 5.92 Å². The Bertz CT molecular complexity index is 1770. The Balaban J connectivity index is 1.39. The number of carbonyl (C=O) groups excluding carboxylic acids is 3. The monoisotopic (exact) mass is 664 g/mol. The molecule has 3 heterocycles. The molecule has 3 aliphatic rings. The van der Waals surface area contributed by atoms with Gasteiger partial charge in [-0.05, 0) is 49.8 Å². The summed E-state index contributed by atoms with van der Waals surface area (Å²) >= 11 is 0. The summed E-state index contributed by atoms with van der Waals surface area (Å²) in [6, 6.07) is 15.9. The summed E-state index contributed by atoms with van der Waals surface area (Å²) in [5.41, 5.74) is 1.92. The molecule has 0 radical (unpaired) electrons. The number of rotatable bonds is 8. The molecule has 0 spiro atoms. The van der Waals surface area contributed by atoms with E-state index < -0.39 is 41.5 Å². The molecule has 6 rings (SSSR count). The zero-order chi connectivity index (χ0) is 34.5. The van der Waals surface area contributed by atoms with Gasteiger partial charge in [-0.3, -0.25) is 14.4 Å². The highest BCUT2D eigenvalue weighted by atomic mass is 16.5. The molecule has 1 saturated carbocycles. The van der Waals surface area contributed by atoms with Crippen LogP contribution in [-0.4, -0.2) is 69.0 Å². The molecule has 0 unspecified atom stereocenters. The number of aromatic nitrogens is 1. The first kappa shape index (κ1) is 33.9. The summed E-state index contributed by atoms with van der Waals surface area (Å²) in [4.78, 5) is 60.0. The van der Waals surface area contributed by atoms with Gasteiger partial charge in [-0.2, -0.15) is 0 Å². The van der Waals surface area contributed by atoms with Gasteiger partial charge in [0.1, 0.15) is 29.5 Å². The number of carbonyl (C=O) groups is 4. The van der Waals surface area contributed by atoms with E-state index in [9.17, 15) is 24.3 Å².